The Morgan fingerprint density at radius 2 is 1.80 bits per heavy atom. The fourth-order valence-electron chi connectivity index (χ4n) is 4.36. The number of benzene rings is 1. The molecule has 2 aliphatic heterocycles. The van der Waals surface area contributed by atoms with Crippen LogP contribution in [0.3, 0.4) is 0 Å². The topological polar surface area (TPSA) is 73.7 Å². The number of aromatic nitrogens is 2. The van der Waals surface area contributed by atoms with Crippen molar-refractivity contribution in [3.63, 3.8) is 0 Å². The van der Waals surface area contributed by atoms with Gasteiger partial charge in [0.15, 0.2) is 11.5 Å². The molecule has 158 valence electrons. The first-order valence-corrected chi connectivity index (χ1v) is 10.9. The van der Waals surface area contributed by atoms with Crippen LogP contribution in [0.15, 0.2) is 41.5 Å². The molecule has 0 spiro atoms. The molecule has 3 heterocycles. The van der Waals surface area contributed by atoms with E-state index < -0.39 is 6.10 Å². The Balaban J connectivity index is 1.18. The average molecular weight is 409 g/mol. The van der Waals surface area contributed by atoms with Gasteiger partial charge in [-0.3, -0.25) is 14.2 Å². The maximum atomic E-state index is 13.1. The molecule has 5 rings (SSSR count). The zero-order chi connectivity index (χ0) is 20.7. The van der Waals surface area contributed by atoms with Gasteiger partial charge >= 0.3 is 0 Å². The minimum Gasteiger partial charge on any atom is -0.482 e. The van der Waals surface area contributed by atoms with E-state index in [4.69, 9.17) is 9.47 Å². The lowest BCUT2D eigenvalue weighted by Crippen LogP contribution is -2.52. The lowest BCUT2D eigenvalue weighted by molar-refractivity contribution is -0.145. The molecule has 1 saturated heterocycles. The molecule has 0 bridgehead atoms. The highest BCUT2D eigenvalue weighted by Crippen LogP contribution is 2.38. The molecule has 2 unspecified atom stereocenters. The summed E-state index contributed by atoms with van der Waals surface area (Å²) in [5.41, 5.74) is 0.965. The molecule has 1 aromatic carbocycles. The molecule has 2 fully saturated rings. The summed E-state index contributed by atoms with van der Waals surface area (Å²) in [5.74, 6) is 2.12. The summed E-state index contributed by atoms with van der Waals surface area (Å²) in [7, 11) is 0. The smallest absolute Gasteiger partial charge is 0.267 e. The van der Waals surface area contributed by atoms with Crippen LogP contribution in [-0.4, -0.2) is 45.7 Å². The lowest BCUT2D eigenvalue weighted by atomic mass is 9.96. The van der Waals surface area contributed by atoms with Gasteiger partial charge in [0, 0.05) is 31.6 Å². The third-order valence-electron chi connectivity index (χ3n) is 6.36. The van der Waals surface area contributed by atoms with Crippen LogP contribution in [-0.2, 0) is 11.3 Å². The van der Waals surface area contributed by atoms with Crippen molar-refractivity contribution < 1.29 is 14.3 Å². The second kappa shape index (κ2) is 7.78. The number of fused-ring (bicyclic) bond motifs is 1. The number of rotatable bonds is 4. The second-order valence-electron chi connectivity index (χ2n) is 8.66. The second-order valence-corrected chi connectivity index (χ2v) is 8.66. The van der Waals surface area contributed by atoms with E-state index in [1.54, 1.807) is 17.0 Å². The fraction of sp³-hybridized carbons (Fsp3) is 0.522. The Hall–Kier alpha value is -2.83. The van der Waals surface area contributed by atoms with Crippen molar-refractivity contribution >= 4 is 5.91 Å². The lowest BCUT2D eigenvalue weighted by Gasteiger charge is -2.37. The third-order valence-corrected chi connectivity index (χ3v) is 6.36. The van der Waals surface area contributed by atoms with E-state index in [-0.39, 0.29) is 17.6 Å². The number of hydrogen-bond acceptors (Lipinski definition) is 5. The van der Waals surface area contributed by atoms with Crippen LogP contribution in [0.25, 0.3) is 0 Å². The van der Waals surface area contributed by atoms with E-state index in [1.165, 1.54) is 0 Å². The number of carbonyl (C=O) groups is 1. The molecule has 2 aromatic rings. The van der Waals surface area contributed by atoms with Crippen molar-refractivity contribution in [2.75, 3.05) is 13.1 Å². The van der Waals surface area contributed by atoms with Crippen LogP contribution in [0, 0.1) is 5.92 Å². The minimum atomic E-state index is -0.627. The Kier molecular flexibility index (Phi) is 4.97. The molecule has 30 heavy (non-hydrogen) atoms. The summed E-state index contributed by atoms with van der Waals surface area (Å²) in [6, 6.07) is 9.14. The summed E-state index contributed by atoms with van der Waals surface area (Å²) in [5, 5.41) is 0. The number of likely N-dealkylation sites (tertiary alicyclic amines) is 1. The Morgan fingerprint density at radius 3 is 2.47 bits per heavy atom. The molecule has 1 amide bonds. The van der Waals surface area contributed by atoms with E-state index in [1.807, 2.05) is 36.1 Å². The van der Waals surface area contributed by atoms with Crippen LogP contribution in [0.4, 0.5) is 0 Å². The Morgan fingerprint density at radius 1 is 1.10 bits per heavy atom. The first-order valence-electron chi connectivity index (χ1n) is 10.9. The molecule has 1 aliphatic carbocycles. The summed E-state index contributed by atoms with van der Waals surface area (Å²) in [6.07, 6.45) is 4.74. The number of para-hydroxylation sites is 2. The van der Waals surface area contributed by atoms with Gasteiger partial charge in [-0.15, -0.1) is 0 Å². The van der Waals surface area contributed by atoms with E-state index in [0.717, 1.165) is 31.4 Å². The highest BCUT2D eigenvalue weighted by molar-refractivity contribution is 5.82. The molecule has 0 N–H and O–H groups in total. The van der Waals surface area contributed by atoms with Crippen LogP contribution in [0.2, 0.25) is 0 Å². The van der Waals surface area contributed by atoms with Gasteiger partial charge in [0.2, 0.25) is 6.10 Å². The van der Waals surface area contributed by atoms with Crippen LogP contribution < -0.4 is 15.0 Å². The minimum absolute atomic E-state index is 0.0249. The first kappa shape index (κ1) is 19.2. The van der Waals surface area contributed by atoms with E-state index in [0.29, 0.717) is 43.0 Å². The predicted octanol–water partition coefficient (Wildman–Crippen LogP) is 2.59. The average Bonchev–Trinajstić information content (AvgIpc) is 3.60. The van der Waals surface area contributed by atoms with Crippen molar-refractivity contribution in [3.05, 3.63) is 52.7 Å². The van der Waals surface area contributed by atoms with Crippen molar-refractivity contribution in [2.45, 2.75) is 57.3 Å². The number of piperidine rings is 1. The monoisotopic (exact) mass is 409 g/mol. The molecule has 1 aromatic heterocycles. The highest BCUT2D eigenvalue weighted by atomic mass is 16.6. The standard InChI is InChI=1S/C23H27N3O4/c1-15-22(30-20-5-3-2-4-19(20)29-15)23(28)25-10-8-16(9-11-25)13-26-14-24-18(12-21(26)27)17-6-7-17/h2-5,12,14-17,22H,6-11,13H2,1H3. The van der Waals surface area contributed by atoms with Gasteiger partial charge in [-0.25, -0.2) is 4.98 Å². The number of amides is 1. The van der Waals surface area contributed by atoms with Gasteiger partial charge in [0.05, 0.1) is 12.0 Å². The Bertz CT molecular complexity index is 992. The zero-order valence-electron chi connectivity index (χ0n) is 17.2. The molecule has 1 saturated carbocycles. The van der Waals surface area contributed by atoms with Crippen molar-refractivity contribution in [1.82, 2.24) is 14.5 Å². The Labute approximate surface area is 175 Å². The van der Waals surface area contributed by atoms with E-state index in [2.05, 4.69) is 4.98 Å². The summed E-state index contributed by atoms with van der Waals surface area (Å²) >= 11 is 0. The molecule has 3 aliphatic rings. The predicted molar refractivity (Wildman–Crippen MR) is 111 cm³/mol. The SMILES string of the molecule is CC1Oc2ccccc2OC1C(=O)N1CCC(Cn2cnc(C3CC3)cc2=O)CC1. The number of carbonyl (C=O) groups excluding carboxylic acids is 1. The van der Waals surface area contributed by atoms with Crippen molar-refractivity contribution in [2.24, 2.45) is 5.92 Å². The van der Waals surface area contributed by atoms with Crippen molar-refractivity contribution in [3.8, 4) is 11.5 Å². The normalized spacial score (nSPS) is 24.0. The van der Waals surface area contributed by atoms with Gasteiger partial charge in [0.1, 0.15) is 6.10 Å². The maximum absolute atomic E-state index is 13.1. The summed E-state index contributed by atoms with van der Waals surface area (Å²) in [6.45, 7) is 3.86. The fourth-order valence-corrected chi connectivity index (χ4v) is 4.36. The van der Waals surface area contributed by atoms with Gasteiger partial charge < -0.3 is 14.4 Å². The largest absolute Gasteiger partial charge is 0.482 e. The zero-order valence-corrected chi connectivity index (χ0v) is 17.2. The number of nitrogens with zero attached hydrogens (tertiary/aromatic N) is 3. The molecular weight excluding hydrogens is 382 g/mol. The maximum Gasteiger partial charge on any atom is 0.267 e. The van der Waals surface area contributed by atoms with Crippen molar-refractivity contribution in [1.29, 1.82) is 0 Å². The van der Waals surface area contributed by atoms with Gasteiger partial charge in [-0.1, -0.05) is 12.1 Å². The molecule has 7 heteroatoms. The van der Waals surface area contributed by atoms with Crippen LogP contribution >= 0.6 is 0 Å². The van der Waals surface area contributed by atoms with Gasteiger partial charge in [0.25, 0.3) is 11.5 Å². The molecule has 0 radical (unpaired) electrons. The van der Waals surface area contributed by atoms with E-state index in [9.17, 15) is 9.59 Å². The van der Waals surface area contributed by atoms with Gasteiger partial charge in [-0.05, 0) is 50.7 Å². The number of ether oxygens (including phenoxy) is 2. The highest BCUT2D eigenvalue weighted by Gasteiger charge is 2.38. The molecule has 2 atom stereocenters. The van der Waals surface area contributed by atoms with Crippen LogP contribution in [0.1, 0.15) is 44.2 Å². The van der Waals surface area contributed by atoms with Gasteiger partial charge in [-0.2, -0.15) is 0 Å². The van der Waals surface area contributed by atoms with Crippen LogP contribution in [0.5, 0.6) is 11.5 Å². The third kappa shape index (κ3) is 3.80. The summed E-state index contributed by atoms with van der Waals surface area (Å²) < 4.78 is 13.6. The quantitative estimate of drug-likeness (QED) is 0.776. The number of hydrogen-bond donors (Lipinski definition) is 0. The molecule has 7 nitrogen and oxygen atoms in total. The summed E-state index contributed by atoms with van der Waals surface area (Å²) in [4.78, 5) is 31.8. The first-order chi connectivity index (χ1) is 14.6. The molecular formula is C23H27N3O4. The van der Waals surface area contributed by atoms with E-state index >= 15 is 0 Å².